The molecule has 1 aliphatic heterocycles. The van der Waals surface area contributed by atoms with Crippen LogP contribution in [0.25, 0.3) is 28.1 Å². The zero-order valence-corrected chi connectivity index (χ0v) is 20.3. The fourth-order valence-electron chi connectivity index (χ4n) is 4.90. The van der Waals surface area contributed by atoms with Gasteiger partial charge >= 0.3 is 5.63 Å². The Kier molecular flexibility index (Phi) is 4.87. The average molecular weight is 505 g/mol. The van der Waals surface area contributed by atoms with Gasteiger partial charge in [0.25, 0.3) is 0 Å². The van der Waals surface area contributed by atoms with E-state index in [1.54, 1.807) is 43.1 Å². The minimum absolute atomic E-state index is 0.320. The van der Waals surface area contributed by atoms with Crippen LogP contribution in [0.3, 0.4) is 0 Å². The summed E-state index contributed by atoms with van der Waals surface area (Å²) in [6, 6.07) is 18.3. The average Bonchev–Trinajstić information content (AvgIpc) is 3.41. The van der Waals surface area contributed by atoms with E-state index in [0.29, 0.717) is 62.4 Å². The predicted molar refractivity (Wildman–Crippen MR) is 137 cm³/mol. The highest BCUT2D eigenvalue weighted by molar-refractivity contribution is 5.87. The summed E-state index contributed by atoms with van der Waals surface area (Å²) in [6.45, 7) is 0. The van der Waals surface area contributed by atoms with Crippen molar-refractivity contribution in [2.45, 2.75) is 5.92 Å². The van der Waals surface area contributed by atoms with Gasteiger partial charge in [0.1, 0.15) is 17.6 Å². The van der Waals surface area contributed by atoms with E-state index in [1.165, 1.54) is 6.33 Å². The van der Waals surface area contributed by atoms with Crippen molar-refractivity contribution in [3.05, 3.63) is 100 Å². The van der Waals surface area contributed by atoms with Gasteiger partial charge in [-0.1, -0.05) is 24.3 Å². The van der Waals surface area contributed by atoms with Crippen molar-refractivity contribution in [3.63, 3.8) is 0 Å². The number of benzene rings is 2. The highest BCUT2D eigenvalue weighted by atomic mass is 16.5. The summed E-state index contributed by atoms with van der Waals surface area (Å²) in [7, 11) is 3.13. The summed E-state index contributed by atoms with van der Waals surface area (Å²) in [4.78, 5) is 27.3. The predicted octanol–water partition coefficient (Wildman–Crippen LogP) is 4.60. The lowest BCUT2D eigenvalue weighted by Crippen LogP contribution is -2.22. The SMILES string of the molecule is COc1ccc(C2c3c(c4ccccc4oc3=O)Oc3ncn4nc(-c5ccccn5)nc4c32)cc1OC. The highest BCUT2D eigenvalue weighted by Crippen LogP contribution is 2.49. The first-order valence-corrected chi connectivity index (χ1v) is 11.8. The summed E-state index contributed by atoms with van der Waals surface area (Å²) >= 11 is 0. The molecule has 0 saturated carbocycles. The Labute approximate surface area is 215 Å². The molecule has 7 rings (SSSR count). The van der Waals surface area contributed by atoms with E-state index >= 15 is 0 Å². The molecule has 0 N–H and O–H groups in total. The molecule has 2 aromatic carbocycles. The first-order chi connectivity index (χ1) is 18.7. The number of para-hydroxylation sites is 1. The van der Waals surface area contributed by atoms with Crippen LogP contribution in [0.5, 0.6) is 23.1 Å². The highest BCUT2D eigenvalue weighted by Gasteiger charge is 2.38. The third-order valence-corrected chi connectivity index (χ3v) is 6.60. The van der Waals surface area contributed by atoms with Gasteiger partial charge in [0.05, 0.1) is 36.7 Å². The van der Waals surface area contributed by atoms with Gasteiger partial charge in [0.2, 0.25) is 11.7 Å². The molecule has 5 heterocycles. The van der Waals surface area contributed by atoms with Crippen LogP contribution in [-0.4, -0.2) is 38.8 Å². The van der Waals surface area contributed by atoms with Gasteiger partial charge in [0.15, 0.2) is 22.9 Å². The molecule has 4 aromatic heterocycles. The van der Waals surface area contributed by atoms with Crippen molar-refractivity contribution >= 4 is 16.6 Å². The quantitative estimate of drug-likeness (QED) is 0.317. The Morgan fingerprint density at radius 1 is 0.921 bits per heavy atom. The monoisotopic (exact) mass is 505 g/mol. The number of hydrogen-bond donors (Lipinski definition) is 0. The van der Waals surface area contributed by atoms with Crippen LogP contribution in [0.4, 0.5) is 0 Å². The van der Waals surface area contributed by atoms with Crippen molar-refractivity contribution < 1.29 is 18.6 Å². The van der Waals surface area contributed by atoms with E-state index < -0.39 is 11.5 Å². The van der Waals surface area contributed by atoms with Gasteiger partial charge in [-0.15, -0.1) is 5.10 Å². The maximum Gasteiger partial charge on any atom is 0.344 e. The summed E-state index contributed by atoms with van der Waals surface area (Å²) < 4.78 is 24.7. The topological polar surface area (TPSA) is 114 Å². The molecule has 1 atom stereocenters. The van der Waals surface area contributed by atoms with Crippen molar-refractivity contribution in [2.75, 3.05) is 14.2 Å². The van der Waals surface area contributed by atoms with Gasteiger partial charge in [-0.3, -0.25) is 4.98 Å². The number of ether oxygens (including phenoxy) is 3. The van der Waals surface area contributed by atoms with Crippen LogP contribution < -0.4 is 19.8 Å². The van der Waals surface area contributed by atoms with Crippen molar-refractivity contribution in [1.82, 2.24) is 24.6 Å². The third kappa shape index (κ3) is 3.23. The molecule has 0 saturated heterocycles. The molecule has 0 bridgehead atoms. The number of rotatable bonds is 4. The molecule has 10 heteroatoms. The zero-order valence-electron chi connectivity index (χ0n) is 20.3. The van der Waals surface area contributed by atoms with E-state index in [2.05, 4.69) is 15.1 Å². The summed E-state index contributed by atoms with van der Waals surface area (Å²) in [5, 5.41) is 5.25. The molecule has 0 aliphatic carbocycles. The number of nitrogens with zero attached hydrogens (tertiary/aromatic N) is 5. The van der Waals surface area contributed by atoms with Gasteiger partial charge in [-0.25, -0.2) is 19.3 Å². The van der Waals surface area contributed by atoms with Gasteiger partial charge in [-0.2, -0.15) is 0 Å². The molecule has 186 valence electrons. The second kappa shape index (κ2) is 8.41. The molecule has 6 aromatic rings. The van der Waals surface area contributed by atoms with E-state index in [9.17, 15) is 4.79 Å². The molecule has 38 heavy (non-hydrogen) atoms. The molecule has 1 aliphatic rings. The summed E-state index contributed by atoms with van der Waals surface area (Å²) in [6.07, 6.45) is 3.22. The van der Waals surface area contributed by atoms with Gasteiger partial charge in [-0.05, 0) is 42.0 Å². The largest absolute Gasteiger partial charge is 0.493 e. The molecule has 0 amide bonds. The van der Waals surface area contributed by atoms with Crippen LogP contribution >= 0.6 is 0 Å². The van der Waals surface area contributed by atoms with E-state index in [-0.39, 0.29) is 0 Å². The Morgan fingerprint density at radius 2 is 1.76 bits per heavy atom. The smallest absolute Gasteiger partial charge is 0.344 e. The van der Waals surface area contributed by atoms with Crippen LogP contribution in [-0.2, 0) is 0 Å². The summed E-state index contributed by atoms with van der Waals surface area (Å²) in [5.41, 5.74) is 2.64. The Hall–Kier alpha value is -5.25. The van der Waals surface area contributed by atoms with E-state index in [1.807, 2.05) is 42.5 Å². The lowest BCUT2D eigenvalue weighted by molar-refractivity contribution is 0.354. The lowest BCUT2D eigenvalue weighted by Gasteiger charge is -2.27. The van der Waals surface area contributed by atoms with Gasteiger partial charge in [0, 0.05) is 6.20 Å². The number of fused-ring (bicyclic) bond motifs is 6. The van der Waals surface area contributed by atoms with Crippen molar-refractivity contribution in [1.29, 1.82) is 0 Å². The van der Waals surface area contributed by atoms with Crippen molar-refractivity contribution in [3.8, 4) is 34.6 Å². The fraction of sp³-hybridized carbons (Fsp3) is 0.107. The van der Waals surface area contributed by atoms with Crippen LogP contribution in [0.2, 0.25) is 0 Å². The third-order valence-electron chi connectivity index (χ3n) is 6.60. The number of methoxy groups -OCH3 is 2. The molecular weight excluding hydrogens is 486 g/mol. The minimum Gasteiger partial charge on any atom is -0.493 e. The number of hydrogen-bond acceptors (Lipinski definition) is 9. The molecule has 0 fully saturated rings. The number of aromatic nitrogens is 5. The Balaban J connectivity index is 1.55. The van der Waals surface area contributed by atoms with Crippen LogP contribution in [0.15, 0.2) is 82.4 Å². The molecular formula is C28H19N5O5. The zero-order chi connectivity index (χ0) is 25.8. The second-order valence-electron chi connectivity index (χ2n) is 8.66. The Morgan fingerprint density at radius 3 is 2.58 bits per heavy atom. The maximum atomic E-state index is 13.5. The molecule has 1 unspecified atom stereocenters. The van der Waals surface area contributed by atoms with Crippen LogP contribution in [0.1, 0.15) is 22.6 Å². The van der Waals surface area contributed by atoms with E-state index in [4.69, 9.17) is 23.6 Å². The first kappa shape index (κ1) is 22.0. The first-order valence-electron chi connectivity index (χ1n) is 11.8. The van der Waals surface area contributed by atoms with Crippen molar-refractivity contribution in [2.24, 2.45) is 0 Å². The standard InChI is InChI=1S/C28H19N5O5/c1-35-19-11-10-15(13-20(19)36-2)21-22-24(16-7-3-4-9-18(16)37-28(22)34)38-27-23(21)26-31-25(32-33(26)14-30-27)17-8-5-6-12-29-17/h3-14,21H,1-2H3. The summed E-state index contributed by atoms with van der Waals surface area (Å²) in [5.74, 6) is 1.56. The fourth-order valence-corrected chi connectivity index (χ4v) is 4.90. The normalized spacial score (nSPS) is 14.1. The minimum atomic E-state index is -0.647. The van der Waals surface area contributed by atoms with E-state index in [0.717, 1.165) is 5.56 Å². The molecule has 0 radical (unpaired) electrons. The molecule has 10 nitrogen and oxygen atoms in total. The lowest BCUT2D eigenvalue weighted by atomic mass is 9.84. The van der Waals surface area contributed by atoms with Crippen LogP contribution in [0, 0.1) is 0 Å². The molecule has 0 spiro atoms. The Bertz CT molecular complexity index is 1920. The number of pyridine rings is 1. The maximum absolute atomic E-state index is 13.5. The second-order valence-corrected chi connectivity index (χ2v) is 8.66. The van der Waals surface area contributed by atoms with Gasteiger partial charge < -0.3 is 18.6 Å².